The molecule has 1 aromatic rings. The van der Waals surface area contributed by atoms with Crippen LogP contribution in [-0.4, -0.2) is 38.9 Å². The lowest BCUT2D eigenvalue weighted by Gasteiger charge is -2.18. The molecule has 1 atom stereocenters. The summed E-state index contributed by atoms with van der Waals surface area (Å²) in [5.74, 6) is 1.78. The molecular weight excluding hydrogens is 338 g/mol. The van der Waals surface area contributed by atoms with E-state index in [-0.39, 0.29) is 6.10 Å². The fourth-order valence-corrected chi connectivity index (χ4v) is 3.58. The molecule has 0 aromatic heterocycles. The Labute approximate surface area is 163 Å². The minimum Gasteiger partial charge on any atom is -0.488 e. The van der Waals surface area contributed by atoms with Gasteiger partial charge in [0.1, 0.15) is 11.9 Å². The molecule has 0 radical (unpaired) electrons. The maximum Gasteiger partial charge on any atom is 0.191 e. The monoisotopic (exact) mass is 371 g/mol. The minimum atomic E-state index is 0.159. The average Bonchev–Trinajstić information content (AvgIpc) is 3.19. The fourth-order valence-electron chi connectivity index (χ4n) is 3.58. The van der Waals surface area contributed by atoms with Gasteiger partial charge in [0.15, 0.2) is 5.96 Å². The van der Waals surface area contributed by atoms with Gasteiger partial charge in [-0.25, -0.2) is 0 Å². The van der Waals surface area contributed by atoms with Gasteiger partial charge in [-0.05, 0) is 50.7 Å². The molecule has 0 amide bonds. The number of benzene rings is 1. The van der Waals surface area contributed by atoms with Crippen molar-refractivity contribution in [3.63, 3.8) is 0 Å². The number of nitrogens with one attached hydrogen (secondary N) is 2. The van der Waals surface area contributed by atoms with Gasteiger partial charge in [0.25, 0.3) is 0 Å². The molecule has 1 saturated heterocycles. The van der Waals surface area contributed by atoms with Crippen molar-refractivity contribution in [1.82, 2.24) is 10.6 Å². The molecule has 1 heterocycles. The molecule has 148 valence electrons. The Morgan fingerprint density at radius 1 is 1.30 bits per heavy atom. The first-order valence-electron chi connectivity index (χ1n) is 10.2. The molecule has 1 fully saturated rings. The molecular formula is C22H33N3O2. The lowest BCUT2D eigenvalue weighted by Crippen LogP contribution is -2.37. The van der Waals surface area contributed by atoms with Gasteiger partial charge in [-0.15, -0.1) is 0 Å². The summed E-state index contributed by atoms with van der Waals surface area (Å²) in [6.07, 6.45) is 9.79. The second kappa shape index (κ2) is 10.4. The van der Waals surface area contributed by atoms with Gasteiger partial charge < -0.3 is 20.1 Å². The van der Waals surface area contributed by atoms with E-state index in [1.807, 2.05) is 7.05 Å². The van der Waals surface area contributed by atoms with Gasteiger partial charge in [-0.1, -0.05) is 23.8 Å². The Morgan fingerprint density at radius 3 is 2.96 bits per heavy atom. The second-order valence-electron chi connectivity index (χ2n) is 7.43. The maximum absolute atomic E-state index is 6.18. The SMILES string of the molecule is CN=C(NCCC1=CCCCC1)NCc1ccc(C)cc1OC1CCOC1. The highest BCUT2D eigenvalue weighted by atomic mass is 16.5. The highest BCUT2D eigenvalue weighted by molar-refractivity contribution is 5.79. The van der Waals surface area contributed by atoms with Crippen LogP contribution < -0.4 is 15.4 Å². The number of ether oxygens (including phenoxy) is 2. The third kappa shape index (κ3) is 6.28. The lowest BCUT2D eigenvalue weighted by atomic mass is 9.97. The number of guanidine groups is 1. The van der Waals surface area contributed by atoms with E-state index in [9.17, 15) is 0 Å². The van der Waals surface area contributed by atoms with Crippen LogP contribution in [0.3, 0.4) is 0 Å². The van der Waals surface area contributed by atoms with Crippen LogP contribution in [0.1, 0.15) is 49.7 Å². The summed E-state index contributed by atoms with van der Waals surface area (Å²) >= 11 is 0. The van der Waals surface area contributed by atoms with E-state index < -0.39 is 0 Å². The van der Waals surface area contributed by atoms with Crippen molar-refractivity contribution in [2.24, 2.45) is 4.99 Å². The van der Waals surface area contributed by atoms with Crippen LogP contribution in [0.15, 0.2) is 34.8 Å². The summed E-state index contributed by atoms with van der Waals surface area (Å²) in [4.78, 5) is 4.35. The number of aryl methyl sites for hydroxylation is 1. The van der Waals surface area contributed by atoms with E-state index in [1.165, 1.54) is 31.2 Å². The topological polar surface area (TPSA) is 54.9 Å². The molecule has 0 saturated carbocycles. The summed E-state index contributed by atoms with van der Waals surface area (Å²) < 4.78 is 11.6. The predicted octanol–water partition coefficient (Wildman–Crippen LogP) is 3.72. The third-order valence-electron chi connectivity index (χ3n) is 5.20. The minimum absolute atomic E-state index is 0.159. The molecule has 1 aliphatic carbocycles. The van der Waals surface area contributed by atoms with E-state index in [4.69, 9.17) is 9.47 Å². The van der Waals surface area contributed by atoms with E-state index >= 15 is 0 Å². The fraction of sp³-hybridized carbons (Fsp3) is 0.591. The van der Waals surface area contributed by atoms with Crippen molar-refractivity contribution >= 4 is 5.96 Å². The highest BCUT2D eigenvalue weighted by Gasteiger charge is 2.18. The van der Waals surface area contributed by atoms with Gasteiger partial charge in [-0.3, -0.25) is 4.99 Å². The van der Waals surface area contributed by atoms with Crippen molar-refractivity contribution in [1.29, 1.82) is 0 Å². The number of nitrogens with zero attached hydrogens (tertiary/aromatic N) is 1. The van der Waals surface area contributed by atoms with Crippen molar-refractivity contribution in [2.45, 2.75) is 58.1 Å². The third-order valence-corrected chi connectivity index (χ3v) is 5.20. The van der Waals surface area contributed by atoms with Crippen LogP contribution in [0.25, 0.3) is 0 Å². The molecule has 1 aliphatic heterocycles. The number of aliphatic imine (C=N–C) groups is 1. The van der Waals surface area contributed by atoms with Gasteiger partial charge >= 0.3 is 0 Å². The lowest BCUT2D eigenvalue weighted by molar-refractivity contribution is 0.140. The average molecular weight is 372 g/mol. The van der Waals surface area contributed by atoms with Crippen molar-refractivity contribution in [2.75, 3.05) is 26.8 Å². The van der Waals surface area contributed by atoms with E-state index in [0.29, 0.717) is 13.2 Å². The second-order valence-corrected chi connectivity index (χ2v) is 7.43. The molecule has 3 rings (SSSR count). The normalized spacial score (nSPS) is 20.3. The van der Waals surface area contributed by atoms with Crippen molar-refractivity contribution < 1.29 is 9.47 Å². The van der Waals surface area contributed by atoms with E-state index in [1.54, 1.807) is 5.57 Å². The van der Waals surface area contributed by atoms with Gasteiger partial charge in [0, 0.05) is 32.1 Å². The largest absolute Gasteiger partial charge is 0.488 e. The molecule has 2 aliphatic rings. The van der Waals surface area contributed by atoms with Crippen LogP contribution in [0.2, 0.25) is 0 Å². The Hall–Kier alpha value is -2.01. The summed E-state index contributed by atoms with van der Waals surface area (Å²) in [5, 5.41) is 6.84. The molecule has 2 N–H and O–H groups in total. The standard InChI is InChI=1S/C22H33N3O2/c1-17-8-9-19(21(14-17)27-20-11-13-26-16-20)15-25-22(23-2)24-12-10-18-6-4-3-5-7-18/h6,8-9,14,20H,3-5,7,10-13,15-16H2,1-2H3,(H2,23,24,25). The Balaban J connectivity index is 1.50. The van der Waals surface area contributed by atoms with Crippen molar-refractivity contribution in [3.05, 3.63) is 41.0 Å². The van der Waals surface area contributed by atoms with Crippen LogP contribution in [0, 0.1) is 6.92 Å². The molecule has 0 spiro atoms. The molecule has 1 unspecified atom stereocenters. The summed E-state index contributed by atoms with van der Waals surface area (Å²) in [5.41, 5.74) is 3.93. The first kappa shape index (κ1) is 19.7. The van der Waals surface area contributed by atoms with Gasteiger partial charge in [-0.2, -0.15) is 0 Å². The molecule has 27 heavy (non-hydrogen) atoms. The zero-order valence-electron chi connectivity index (χ0n) is 16.7. The van der Waals surface area contributed by atoms with Crippen LogP contribution >= 0.6 is 0 Å². The first-order valence-corrected chi connectivity index (χ1v) is 10.2. The Morgan fingerprint density at radius 2 is 2.22 bits per heavy atom. The summed E-state index contributed by atoms with van der Waals surface area (Å²) in [6.45, 7) is 5.17. The van der Waals surface area contributed by atoms with Crippen LogP contribution in [0.5, 0.6) is 5.75 Å². The molecule has 0 bridgehead atoms. The van der Waals surface area contributed by atoms with Crippen molar-refractivity contribution in [3.8, 4) is 5.75 Å². The number of hydrogen-bond acceptors (Lipinski definition) is 3. The van der Waals surface area contributed by atoms with E-state index in [2.05, 4.69) is 46.8 Å². The molecule has 1 aromatic carbocycles. The predicted molar refractivity (Wildman–Crippen MR) is 110 cm³/mol. The van der Waals surface area contributed by atoms with Crippen LogP contribution in [-0.2, 0) is 11.3 Å². The number of rotatable bonds is 7. The Kier molecular flexibility index (Phi) is 7.57. The smallest absolute Gasteiger partial charge is 0.191 e. The Bertz CT molecular complexity index is 664. The number of hydrogen-bond donors (Lipinski definition) is 2. The quantitative estimate of drug-likeness (QED) is 0.436. The zero-order valence-corrected chi connectivity index (χ0v) is 16.7. The number of allylic oxidation sites excluding steroid dienone is 1. The molecule has 5 heteroatoms. The van der Waals surface area contributed by atoms with E-state index in [0.717, 1.165) is 43.3 Å². The maximum atomic E-state index is 6.18. The van der Waals surface area contributed by atoms with Gasteiger partial charge in [0.05, 0.1) is 13.2 Å². The zero-order chi connectivity index (χ0) is 18.9. The summed E-state index contributed by atoms with van der Waals surface area (Å²) in [6, 6.07) is 6.37. The first-order chi connectivity index (χ1) is 13.2. The van der Waals surface area contributed by atoms with Gasteiger partial charge in [0.2, 0.25) is 0 Å². The van der Waals surface area contributed by atoms with Crippen LogP contribution in [0.4, 0.5) is 0 Å². The molecule has 5 nitrogen and oxygen atoms in total. The highest BCUT2D eigenvalue weighted by Crippen LogP contribution is 2.24. The summed E-state index contributed by atoms with van der Waals surface area (Å²) in [7, 11) is 1.82.